The van der Waals surface area contributed by atoms with E-state index in [4.69, 9.17) is 0 Å². The number of hydrogen-bond donors (Lipinski definition) is 1. The summed E-state index contributed by atoms with van der Waals surface area (Å²) in [5, 5.41) is 2.51. The Hall–Kier alpha value is -2.68. The van der Waals surface area contributed by atoms with E-state index < -0.39 is 22.5 Å². The fourth-order valence-corrected chi connectivity index (χ4v) is 4.24. The molecule has 1 heterocycles. The third-order valence-corrected chi connectivity index (χ3v) is 5.74. The number of rotatable bonds is 5. The molecule has 9 heteroatoms. The Balaban J connectivity index is 1.75. The summed E-state index contributed by atoms with van der Waals surface area (Å²) in [4.78, 5) is 12.3. The van der Waals surface area contributed by atoms with Gasteiger partial charge in [-0.2, -0.15) is 8.78 Å². The number of anilines is 2. The van der Waals surface area contributed by atoms with Gasteiger partial charge in [-0.3, -0.25) is 9.10 Å². The molecule has 0 spiro atoms. The molecule has 0 unspecified atom stereocenters. The number of carbonyl (C=O) groups excluding carboxylic acids is 1. The maximum Gasteiger partial charge on any atom is 0.387 e. The molecule has 6 nitrogen and oxygen atoms in total. The Labute approximate surface area is 149 Å². The van der Waals surface area contributed by atoms with Gasteiger partial charge in [0.2, 0.25) is 10.0 Å². The third-order valence-electron chi connectivity index (χ3n) is 3.87. The number of ether oxygens (including phenoxy) is 1. The molecular formula is C17H16F2N2O4S. The van der Waals surface area contributed by atoms with E-state index in [1.807, 2.05) is 0 Å². The van der Waals surface area contributed by atoms with Crippen molar-refractivity contribution in [3.63, 3.8) is 0 Å². The molecule has 1 N–H and O–H groups in total. The van der Waals surface area contributed by atoms with Crippen molar-refractivity contribution in [3.8, 4) is 5.75 Å². The number of sulfonamides is 1. The predicted octanol–water partition coefficient (Wildman–Crippen LogP) is 3.08. The van der Waals surface area contributed by atoms with Crippen LogP contribution in [0.1, 0.15) is 16.8 Å². The molecule has 0 saturated carbocycles. The number of benzene rings is 2. The normalized spacial score (nSPS) is 15.9. The first kappa shape index (κ1) is 18.1. The van der Waals surface area contributed by atoms with Crippen molar-refractivity contribution in [2.24, 2.45) is 0 Å². The molecule has 1 fully saturated rings. The molecule has 0 bridgehead atoms. The summed E-state index contributed by atoms with van der Waals surface area (Å²) >= 11 is 0. The second-order valence-corrected chi connectivity index (χ2v) is 7.63. The van der Waals surface area contributed by atoms with Gasteiger partial charge in [-0.15, -0.1) is 0 Å². The second kappa shape index (κ2) is 7.28. The van der Waals surface area contributed by atoms with E-state index in [9.17, 15) is 22.0 Å². The van der Waals surface area contributed by atoms with Crippen LogP contribution in [0.4, 0.5) is 20.2 Å². The van der Waals surface area contributed by atoms with Gasteiger partial charge in [0, 0.05) is 12.1 Å². The molecule has 1 aliphatic heterocycles. The molecule has 3 rings (SSSR count). The van der Waals surface area contributed by atoms with E-state index >= 15 is 0 Å². The van der Waals surface area contributed by atoms with E-state index in [1.165, 1.54) is 34.6 Å². The summed E-state index contributed by atoms with van der Waals surface area (Å²) in [5.41, 5.74) is 0.863. The highest BCUT2D eigenvalue weighted by molar-refractivity contribution is 7.93. The van der Waals surface area contributed by atoms with Crippen molar-refractivity contribution >= 4 is 27.3 Å². The largest absolute Gasteiger partial charge is 0.433 e. The van der Waals surface area contributed by atoms with Crippen molar-refractivity contribution in [2.45, 2.75) is 13.0 Å². The zero-order valence-corrected chi connectivity index (χ0v) is 14.4. The minimum absolute atomic E-state index is 0.107. The van der Waals surface area contributed by atoms with Crippen LogP contribution in [0.15, 0.2) is 48.5 Å². The van der Waals surface area contributed by atoms with Gasteiger partial charge in [0.1, 0.15) is 5.75 Å². The van der Waals surface area contributed by atoms with Crippen LogP contribution in [-0.4, -0.2) is 33.2 Å². The SMILES string of the molecule is O=C(Nc1ccccc1OC(F)F)c1ccc(N2CCCS2(=O)=O)cc1. The summed E-state index contributed by atoms with van der Waals surface area (Å²) in [7, 11) is -3.29. The van der Waals surface area contributed by atoms with Crippen molar-refractivity contribution < 1.29 is 26.7 Å². The summed E-state index contributed by atoms with van der Waals surface area (Å²) in [6.07, 6.45) is 0.561. The van der Waals surface area contributed by atoms with Crippen LogP contribution in [0, 0.1) is 0 Å². The average Bonchev–Trinajstić information content (AvgIpc) is 2.95. The number of alkyl halides is 2. The first-order chi connectivity index (χ1) is 12.4. The molecule has 26 heavy (non-hydrogen) atoms. The first-order valence-corrected chi connectivity index (χ1v) is 9.43. The number of amides is 1. The van der Waals surface area contributed by atoms with Crippen LogP contribution in [0.3, 0.4) is 0 Å². The smallest absolute Gasteiger partial charge is 0.387 e. The van der Waals surface area contributed by atoms with Gasteiger partial charge in [0.25, 0.3) is 5.91 Å². The third kappa shape index (κ3) is 3.93. The Morgan fingerprint density at radius 3 is 2.42 bits per heavy atom. The molecule has 0 aliphatic carbocycles. The van der Waals surface area contributed by atoms with Crippen LogP contribution < -0.4 is 14.4 Å². The Morgan fingerprint density at radius 1 is 1.12 bits per heavy atom. The highest BCUT2D eigenvalue weighted by Crippen LogP contribution is 2.27. The zero-order valence-electron chi connectivity index (χ0n) is 13.6. The fraction of sp³-hybridized carbons (Fsp3) is 0.235. The van der Waals surface area contributed by atoms with Crippen LogP contribution in [-0.2, 0) is 10.0 Å². The maximum absolute atomic E-state index is 12.4. The Morgan fingerprint density at radius 2 is 1.81 bits per heavy atom. The lowest BCUT2D eigenvalue weighted by atomic mass is 10.2. The monoisotopic (exact) mass is 382 g/mol. The molecule has 0 atom stereocenters. The predicted molar refractivity (Wildman–Crippen MR) is 93.2 cm³/mol. The quantitative estimate of drug-likeness (QED) is 0.862. The molecule has 2 aromatic rings. The van der Waals surface area contributed by atoms with E-state index in [0.29, 0.717) is 18.7 Å². The minimum Gasteiger partial charge on any atom is -0.433 e. The Bertz CT molecular complexity index is 901. The van der Waals surface area contributed by atoms with Crippen molar-refractivity contribution in [3.05, 3.63) is 54.1 Å². The van der Waals surface area contributed by atoms with E-state index in [0.717, 1.165) is 0 Å². The molecule has 1 amide bonds. The molecule has 1 saturated heterocycles. The number of halogens is 2. The summed E-state index contributed by atoms with van der Waals surface area (Å²) in [6, 6.07) is 11.9. The van der Waals surface area contributed by atoms with Gasteiger partial charge < -0.3 is 10.1 Å². The minimum atomic E-state index is -3.29. The van der Waals surface area contributed by atoms with Gasteiger partial charge in [-0.25, -0.2) is 8.42 Å². The van der Waals surface area contributed by atoms with Crippen molar-refractivity contribution in [2.75, 3.05) is 21.9 Å². The van der Waals surface area contributed by atoms with Crippen LogP contribution in [0.2, 0.25) is 0 Å². The summed E-state index contributed by atoms with van der Waals surface area (Å²) < 4.78 is 54.4. The average molecular weight is 382 g/mol. The lowest BCUT2D eigenvalue weighted by Crippen LogP contribution is -2.25. The number of para-hydroxylation sites is 2. The lowest BCUT2D eigenvalue weighted by molar-refractivity contribution is -0.0493. The van der Waals surface area contributed by atoms with E-state index in [1.54, 1.807) is 18.2 Å². The van der Waals surface area contributed by atoms with E-state index in [-0.39, 0.29) is 22.8 Å². The number of hydrogen-bond acceptors (Lipinski definition) is 4. The van der Waals surface area contributed by atoms with Gasteiger partial charge in [-0.1, -0.05) is 12.1 Å². The molecule has 1 aliphatic rings. The van der Waals surface area contributed by atoms with Gasteiger partial charge in [-0.05, 0) is 42.8 Å². The molecule has 2 aromatic carbocycles. The molecule has 0 aromatic heterocycles. The molecular weight excluding hydrogens is 366 g/mol. The van der Waals surface area contributed by atoms with Gasteiger partial charge in [0.05, 0.1) is 17.1 Å². The maximum atomic E-state index is 12.4. The van der Waals surface area contributed by atoms with Gasteiger partial charge in [0.15, 0.2) is 0 Å². The number of carbonyl (C=O) groups is 1. The topological polar surface area (TPSA) is 75.7 Å². The Kier molecular flexibility index (Phi) is 5.08. The molecule has 138 valence electrons. The van der Waals surface area contributed by atoms with E-state index in [2.05, 4.69) is 10.1 Å². The van der Waals surface area contributed by atoms with Crippen molar-refractivity contribution in [1.82, 2.24) is 0 Å². The first-order valence-electron chi connectivity index (χ1n) is 7.82. The summed E-state index contributed by atoms with van der Waals surface area (Å²) in [5.74, 6) is -0.558. The lowest BCUT2D eigenvalue weighted by Gasteiger charge is -2.17. The molecule has 0 radical (unpaired) electrons. The van der Waals surface area contributed by atoms with Crippen molar-refractivity contribution in [1.29, 1.82) is 0 Å². The standard InChI is InChI=1S/C17H16F2N2O4S/c18-17(19)25-15-5-2-1-4-14(15)20-16(22)12-6-8-13(9-7-12)21-10-3-11-26(21,23)24/h1-2,4-9,17H,3,10-11H2,(H,20,22). The number of nitrogens with one attached hydrogen (secondary N) is 1. The summed E-state index contributed by atoms with van der Waals surface area (Å²) in [6.45, 7) is -2.60. The fourth-order valence-electron chi connectivity index (χ4n) is 2.67. The van der Waals surface area contributed by atoms with Crippen LogP contribution in [0.5, 0.6) is 5.75 Å². The highest BCUT2D eigenvalue weighted by atomic mass is 32.2. The number of nitrogens with zero attached hydrogens (tertiary/aromatic N) is 1. The highest BCUT2D eigenvalue weighted by Gasteiger charge is 2.28. The van der Waals surface area contributed by atoms with Crippen LogP contribution >= 0.6 is 0 Å². The second-order valence-electron chi connectivity index (χ2n) is 5.62. The van der Waals surface area contributed by atoms with Gasteiger partial charge >= 0.3 is 6.61 Å². The zero-order chi connectivity index (χ0) is 18.7. The van der Waals surface area contributed by atoms with Crippen LogP contribution in [0.25, 0.3) is 0 Å².